The summed E-state index contributed by atoms with van der Waals surface area (Å²) in [6.45, 7) is 0. The van der Waals surface area contributed by atoms with Crippen molar-refractivity contribution >= 4 is 0 Å². The van der Waals surface area contributed by atoms with E-state index in [1.165, 1.54) is 0 Å². The Morgan fingerprint density at radius 1 is 1.00 bits per heavy atom. The Morgan fingerprint density at radius 3 is 2.52 bits per heavy atom. The van der Waals surface area contributed by atoms with Crippen LogP contribution in [0.15, 0.2) is 42.5 Å². The maximum absolute atomic E-state index is 10.3. The molecule has 0 saturated heterocycles. The Labute approximate surface area is 123 Å². The molecule has 2 aromatic rings. The fourth-order valence-electron chi connectivity index (χ4n) is 2.75. The van der Waals surface area contributed by atoms with Crippen molar-refractivity contribution in [2.24, 2.45) is 0 Å². The molecule has 110 valence electrons. The number of ether oxygens (including phenoxy) is 3. The predicted molar refractivity (Wildman–Crippen MR) is 78.9 cm³/mol. The zero-order valence-electron chi connectivity index (χ0n) is 12.1. The predicted octanol–water partition coefficient (Wildman–Crippen LogP) is 3.26. The number of benzene rings is 2. The number of para-hydroxylation sites is 2. The quantitative estimate of drug-likeness (QED) is 0.941. The first-order valence-electron chi connectivity index (χ1n) is 6.89. The summed E-state index contributed by atoms with van der Waals surface area (Å²) in [4.78, 5) is 0. The number of hydrogen-bond donors (Lipinski definition) is 1. The highest BCUT2D eigenvalue weighted by Gasteiger charge is 2.30. The molecule has 1 heterocycles. The molecule has 0 fully saturated rings. The first-order chi connectivity index (χ1) is 10.2. The second-order valence-corrected chi connectivity index (χ2v) is 4.98. The van der Waals surface area contributed by atoms with Crippen molar-refractivity contribution in [1.29, 1.82) is 0 Å². The van der Waals surface area contributed by atoms with Gasteiger partial charge in [-0.2, -0.15) is 0 Å². The van der Waals surface area contributed by atoms with Crippen LogP contribution in [0.5, 0.6) is 17.2 Å². The molecule has 2 aromatic carbocycles. The molecule has 1 unspecified atom stereocenters. The second-order valence-electron chi connectivity index (χ2n) is 4.98. The third-order valence-electron chi connectivity index (χ3n) is 3.76. The van der Waals surface area contributed by atoms with Gasteiger partial charge in [0.1, 0.15) is 11.9 Å². The van der Waals surface area contributed by atoms with Crippen molar-refractivity contribution in [2.45, 2.75) is 18.6 Å². The van der Waals surface area contributed by atoms with E-state index >= 15 is 0 Å². The summed E-state index contributed by atoms with van der Waals surface area (Å²) in [6, 6.07) is 13.2. The molecular formula is C17H18O4. The summed E-state index contributed by atoms with van der Waals surface area (Å²) < 4.78 is 16.8. The Bertz CT molecular complexity index is 638. The van der Waals surface area contributed by atoms with Crippen molar-refractivity contribution in [3.05, 3.63) is 53.6 Å². The van der Waals surface area contributed by atoms with Crippen molar-refractivity contribution in [3.8, 4) is 17.2 Å². The van der Waals surface area contributed by atoms with Gasteiger partial charge in [-0.25, -0.2) is 0 Å². The lowest BCUT2D eigenvalue weighted by molar-refractivity contribution is 0.0643. The summed E-state index contributed by atoms with van der Waals surface area (Å²) in [5.41, 5.74) is 1.71. The minimum Gasteiger partial charge on any atom is -0.493 e. The molecule has 0 amide bonds. The van der Waals surface area contributed by atoms with Gasteiger partial charge in [-0.1, -0.05) is 30.3 Å². The van der Waals surface area contributed by atoms with Crippen molar-refractivity contribution < 1.29 is 19.3 Å². The fourth-order valence-corrected chi connectivity index (χ4v) is 2.75. The van der Waals surface area contributed by atoms with E-state index in [0.29, 0.717) is 23.7 Å². The second kappa shape index (κ2) is 5.66. The van der Waals surface area contributed by atoms with Crippen LogP contribution in [0.25, 0.3) is 0 Å². The van der Waals surface area contributed by atoms with Crippen LogP contribution in [0.2, 0.25) is 0 Å². The van der Waals surface area contributed by atoms with Crippen LogP contribution in [0.4, 0.5) is 0 Å². The molecule has 0 bridgehead atoms. The molecule has 0 aliphatic carbocycles. The first kappa shape index (κ1) is 13.8. The average molecular weight is 286 g/mol. The van der Waals surface area contributed by atoms with E-state index in [4.69, 9.17) is 14.2 Å². The normalized spacial score (nSPS) is 20.3. The van der Waals surface area contributed by atoms with Gasteiger partial charge in [-0.05, 0) is 12.1 Å². The number of fused-ring (bicyclic) bond motifs is 1. The zero-order valence-corrected chi connectivity index (χ0v) is 12.1. The van der Waals surface area contributed by atoms with Crippen molar-refractivity contribution in [3.63, 3.8) is 0 Å². The van der Waals surface area contributed by atoms with Crippen LogP contribution in [-0.2, 0) is 0 Å². The number of methoxy groups -OCH3 is 2. The van der Waals surface area contributed by atoms with Crippen LogP contribution in [0, 0.1) is 0 Å². The molecule has 0 aromatic heterocycles. The smallest absolute Gasteiger partial charge is 0.167 e. The van der Waals surface area contributed by atoms with Gasteiger partial charge in [-0.3, -0.25) is 0 Å². The average Bonchev–Trinajstić information content (AvgIpc) is 2.54. The topological polar surface area (TPSA) is 47.9 Å². The SMILES string of the molecule is COc1cccc(C2C[C@@H](O)c3ccccc3O2)c1OC. The molecule has 0 saturated carbocycles. The molecule has 1 aliphatic heterocycles. The lowest BCUT2D eigenvalue weighted by atomic mass is 9.94. The summed E-state index contributed by atoms with van der Waals surface area (Å²) in [5, 5.41) is 10.3. The van der Waals surface area contributed by atoms with E-state index in [9.17, 15) is 5.11 Å². The summed E-state index contributed by atoms with van der Waals surface area (Å²) in [7, 11) is 3.21. The molecule has 2 atom stereocenters. The van der Waals surface area contributed by atoms with Crippen LogP contribution in [0.1, 0.15) is 29.8 Å². The van der Waals surface area contributed by atoms with E-state index in [-0.39, 0.29) is 6.10 Å². The van der Waals surface area contributed by atoms with Gasteiger partial charge in [0.05, 0.1) is 20.3 Å². The number of rotatable bonds is 3. The summed E-state index contributed by atoms with van der Waals surface area (Å²) >= 11 is 0. The monoisotopic (exact) mass is 286 g/mol. The Kier molecular flexibility index (Phi) is 3.71. The largest absolute Gasteiger partial charge is 0.493 e. The van der Waals surface area contributed by atoms with E-state index < -0.39 is 6.10 Å². The molecule has 1 aliphatic rings. The maximum atomic E-state index is 10.3. The fraction of sp³-hybridized carbons (Fsp3) is 0.294. The van der Waals surface area contributed by atoms with Crippen molar-refractivity contribution in [1.82, 2.24) is 0 Å². The lowest BCUT2D eigenvalue weighted by Gasteiger charge is -2.30. The molecule has 1 N–H and O–H groups in total. The van der Waals surface area contributed by atoms with E-state index in [2.05, 4.69) is 0 Å². The third kappa shape index (κ3) is 2.43. The molecule has 0 spiro atoms. The molecule has 0 radical (unpaired) electrons. The van der Waals surface area contributed by atoms with E-state index in [1.54, 1.807) is 14.2 Å². The van der Waals surface area contributed by atoms with Gasteiger partial charge in [0, 0.05) is 17.5 Å². The Hall–Kier alpha value is -2.20. The van der Waals surface area contributed by atoms with Crippen LogP contribution >= 0.6 is 0 Å². The molecular weight excluding hydrogens is 268 g/mol. The van der Waals surface area contributed by atoms with Gasteiger partial charge in [-0.15, -0.1) is 0 Å². The van der Waals surface area contributed by atoms with Gasteiger partial charge in [0.2, 0.25) is 0 Å². The molecule has 21 heavy (non-hydrogen) atoms. The standard InChI is InChI=1S/C17H18O4/c1-19-15-9-5-7-12(17(15)20-2)16-10-13(18)11-6-3-4-8-14(11)21-16/h3-9,13,16,18H,10H2,1-2H3/t13-,16?/m1/s1. The zero-order chi connectivity index (χ0) is 14.8. The van der Waals surface area contributed by atoms with Gasteiger partial charge in [0.15, 0.2) is 11.5 Å². The van der Waals surface area contributed by atoms with Crippen LogP contribution in [-0.4, -0.2) is 19.3 Å². The highest BCUT2D eigenvalue weighted by molar-refractivity contribution is 5.49. The Morgan fingerprint density at radius 2 is 1.76 bits per heavy atom. The van der Waals surface area contributed by atoms with Gasteiger partial charge < -0.3 is 19.3 Å². The summed E-state index contributed by atoms with van der Waals surface area (Å²) in [6.07, 6.45) is -0.323. The summed E-state index contributed by atoms with van der Waals surface area (Å²) in [5.74, 6) is 2.02. The number of aliphatic hydroxyl groups is 1. The number of hydrogen-bond acceptors (Lipinski definition) is 4. The van der Waals surface area contributed by atoms with E-state index in [0.717, 1.165) is 11.1 Å². The Balaban J connectivity index is 2.00. The minimum atomic E-state index is -0.546. The van der Waals surface area contributed by atoms with Crippen LogP contribution < -0.4 is 14.2 Å². The maximum Gasteiger partial charge on any atom is 0.167 e. The lowest BCUT2D eigenvalue weighted by Crippen LogP contribution is -2.19. The highest BCUT2D eigenvalue weighted by atomic mass is 16.5. The van der Waals surface area contributed by atoms with E-state index in [1.807, 2.05) is 42.5 Å². The number of aliphatic hydroxyl groups excluding tert-OH is 1. The first-order valence-corrected chi connectivity index (χ1v) is 6.89. The van der Waals surface area contributed by atoms with Gasteiger partial charge >= 0.3 is 0 Å². The van der Waals surface area contributed by atoms with Crippen LogP contribution in [0.3, 0.4) is 0 Å². The third-order valence-corrected chi connectivity index (χ3v) is 3.76. The minimum absolute atomic E-state index is 0.264. The highest BCUT2D eigenvalue weighted by Crippen LogP contribution is 2.44. The molecule has 3 rings (SSSR count). The molecule has 4 heteroatoms. The van der Waals surface area contributed by atoms with Gasteiger partial charge in [0.25, 0.3) is 0 Å². The van der Waals surface area contributed by atoms with Crippen molar-refractivity contribution in [2.75, 3.05) is 14.2 Å². The molecule has 4 nitrogen and oxygen atoms in total.